The van der Waals surface area contributed by atoms with Crippen LogP contribution in [0.5, 0.6) is 0 Å². The zero-order valence-corrected chi connectivity index (χ0v) is 15.0. The Morgan fingerprint density at radius 3 is 2.36 bits per heavy atom. The van der Waals surface area contributed by atoms with Gasteiger partial charge in [-0.1, -0.05) is 19.1 Å². The van der Waals surface area contributed by atoms with Gasteiger partial charge in [-0.2, -0.15) is 13.2 Å². The Balaban J connectivity index is 2.24. The van der Waals surface area contributed by atoms with Gasteiger partial charge in [-0.15, -0.1) is 0 Å². The number of halogens is 3. The van der Waals surface area contributed by atoms with Gasteiger partial charge in [0, 0.05) is 13.0 Å². The summed E-state index contributed by atoms with van der Waals surface area (Å²) in [5, 5.41) is 10.6. The van der Waals surface area contributed by atoms with E-state index in [-0.39, 0.29) is 13.0 Å². The average molecular weight is 400 g/mol. The second kappa shape index (κ2) is 8.41. The van der Waals surface area contributed by atoms with Crippen LogP contribution in [0.25, 0.3) is 0 Å². The van der Waals surface area contributed by atoms with Gasteiger partial charge in [0.05, 0.1) is 11.6 Å². The lowest BCUT2D eigenvalue weighted by Crippen LogP contribution is -2.53. The molecule has 0 aliphatic carbocycles. The Kier molecular flexibility index (Phi) is 6.42. The SMILES string of the molecule is CCC(c1ccc(C(F)(F)F)cc1)N1CCC(=O)C(C(=O)NCC(=O)O)C1=O. The molecule has 0 radical (unpaired) electrons. The largest absolute Gasteiger partial charge is 0.480 e. The van der Waals surface area contributed by atoms with Crippen LogP contribution in [0.2, 0.25) is 0 Å². The summed E-state index contributed by atoms with van der Waals surface area (Å²) in [6.07, 6.45) is -4.23. The van der Waals surface area contributed by atoms with Gasteiger partial charge in [-0.05, 0) is 24.1 Å². The first-order valence-electron chi connectivity index (χ1n) is 8.56. The van der Waals surface area contributed by atoms with Gasteiger partial charge in [0.15, 0.2) is 11.7 Å². The number of hydrogen-bond donors (Lipinski definition) is 2. The normalized spacial score (nSPS) is 18.7. The Morgan fingerprint density at radius 1 is 1.25 bits per heavy atom. The molecule has 1 aliphatic rings. The number of carbonyl (C=O) groups excluding carboxylic acids is 3. The molecule has 0 saturated carbocycles. The molecule has 1 aromatic carbocycles. The first-order chi connectivity index (χ1) is 13.1. The van der Waals surface area contributed by atoms with Gasteiger partial charge in [0.1, 0.15) is 6.54 Å². The number of carbonyl (C=O) groups is 4. The van der Waals surface area contributed by atoms with Crippen LogP contribution in [0.3, 0.4) is 0 Å². The third kappa shape index (κ3) is 4.68. The molecule has 1 saturated heterocycles. The smallest absolute Gasteiger partial charge is 0.416 e. The molecule has 1 heterocycles. The number of aliphatic carboxylic acids is 1. The number of rotatable bonds is 6. The van der Waals surface area contributed by atoms with Gasteiger partial charge in [0.2, 0.25) is 11.8 Å². The van der Waals surface area contributed by atoms with Gasteiger partial charge < -0.3 is 15.3 Å². The number of piperidine rings is 1. The van der Waals surface area contributed by atoms with Gasteiger partial charge in [0.25, 0.3) is 0 Å². The second-order valence-corrected chi connectivity index (χ2v) is 6.34. The molecular formula is C18H19F3N2O5. The zero-order chi connectivity index (χ0) is 21.1. The van der Waals surface area contributed by atoms with E-state index in [0.29, 0.717) is 12.0 Å². The van der Waals surface area contributed by atoms with Crippen molar-refractivity contribution in [2.24, 2.45) is 5.92 Å². The summed E-state index contributed by atoms with van der Waals surface area (Å²) in [4.78, 5) is 48.8. The molecule has 1 aliphatic heterocycles. The Morgan fingerprint density at radius 2 is 1.86 bits per heavy atom. The van der Waals surface area contributed by atoms with Crippen molar-refractivity contribution in [2.75, 3.05) is 13.1 Å². The lowest BCUT2D eigenvalue weighted by atomic mass is 9.91. The number of carboxylic acids is 1. The highest BCUT2D eigenvalue weighted by molar-refractivity contribution is 6.19. The molecule has 2 amide bonds. The van der Waals surface area contributed by atoms with Crippen molar-refractivity contribution in [1.29, 1.82) is 0 Å². The number of nitrogens with one attached hydrogen (secondary N) is 1. The highest BCUT2D eigenvalue weighted by Crippen LogP contribution is 2.33. The Bertz CT molecular complexity index is 776. The highest BCUT2D eigenvalue weighted by Gasteiger charge is 2.43. The van der Waals surface area contributed by atoms with E-state index in [1.807, 2.05) is 5.32 Å². The predicted molar refractivity (Wildman–Crippen MR) is 89.9 cm³/mol. The number of ketones is 1. The summed E-state index contributed by atoms with van der Waals surface area (Å²) < 4.78 is 38.2. The van der Waals surface area contributed by atoms with Gasteiger partial charge in [-0.25, -0.2) is 0 Å². The molecule has 2 rings (SSSR count). The fourth-order valence-electron chi connectivity index (χ4n) is 3.15. The monoisotopic (exact) mass is 400 g/mol. The Hall–Kier alpha value is -2.91. The van der Waals surface area contributed by atoms with E-state index < -0.39 is 53.8 Å². The van der Waals surface area contributed by atoms with E-state index in [4.69, 9.17) is 5.11 Å². The van der Waals surface area contributed by atoms with Crippen LogP contribution < -0.4 is 5.32 Å². The summed E-state index contributed by atoms with van der Waals surface area (Å²) in [7, 11) is 0. The van der Waals surface area contributed by atoms with Gasteiger partial charge in [-0.3, -0.25) is 19.2 Å². The topological polar surface area (TPSA) is 104 Å². The molecular weight excluding hydrogens is 381 g/mol. The molecule has 1 aromatic rings. The Labute approximate surface area is 158 Å². The molecule has 0 aromatic heterocycles. The standard InChI is InChI=1S/C18H19F3N2O5/c1-2-12(10-3-5-11(6-4-10)18(19,20)21)23-8-7-13(24)15(17(23)28)16(27)22-9-14(25)26/h3-6,12,15H,2,7-9H2,1H3,(H,22,27)(H,25,26). The van der Waals surface area contributed by atoms with Crippen LogP contribution in [-0.4, -0.2) is 46.7 Å². The van der Waals surface area contributed by atoms with E-state index in [0.717, 1.165) is 12.1 Å². The van der Waals surface area contributed by atoms with E-state index >= 15 is 0 Å². The minimum absolute atomic E-state index is 0.0277. The molecule has 0 spiro atoms. The van der Waals surface area contributed by atoms with Crippen molar-refractivity contribution in [3.05, 3.63) is 35.4 Å². The number of nitrogens with zero attached hydrogens (tertiary/aromatic N) is 1. The fourth-order valence-corrected chi connectivity index (χ4v) is 3.15. The fraction of sp³-hybridized carbons (Fsp3) is 0.444. The molecule has 2 atom stereocenters. The number of benzene rings is 1. The van der Waals surface area contributed by atoms with E-state index in [1.165, 1.54) is 17.0 Å². The number of hydrogen-bond acceptors (Lipinski definition) is 4. The quantitative estimate of drug-likeness (QED) is 0.709. The van der Waals surface area contributed by atoms with Crippen LogP contribution >= 0.6 is 0 Å². The molecule has 1 fully saturated rings. The zero-order valence-electron chi connectivity index (χ0n) is 15.0. The van der Waals surface area contributed by atoms with Crippen molar-refractivity contribution < 1.29 is 37.5 Å². The maximum Gasteiger partial charge on any atom is 0.416 e. The first-order valence-corrected chi connectivity index (χ1v) is 8.56. The maximum atomic E-state index is 12.7. The van der Waals surface area contributed by atoms with Crippen LogP contribution in [0.4, 0.5) is 13.2 Å². The number of amides is 2. The van der Waals surface area contributed by atoms with Crippen LogP contribution in [0, 0.1) is 5.92 Å². The number of Topliss-reactive ketones (excluding diaryl/α,β-unsaturated/α-hetero) is 1. The molecule has 2 unspecified atom stereocenters. The van der Waals surface area contributed by atoms with Crippen molar-refractivity contribution in [3.8, 4) is 0 Å². The van der Waals surface area contributed by atoms with Crippen LogP contribution in [-0.2, 0) is 25.4 Å². The van der Waals surface area contributed by atoms with E-state index in [9.17, 15) is 32.3 Å². The van der Waals surface area contributed by atoms with E-state index in [1.54, 1.807) is 6.92 Å². The van der Waals surface area contributed by atoms with Crippen molar-refractivity contribution in [3.63, 3.8) is 0 Å². The summed E-state index contributed by atoms with van der Waals surface area (Å²) in [6, 6.07) is 3.74. The number of likely N-dealkylation sites (tertiary alicyclic amines) is 1. The van der Waals surface area contributed by atoms with Crippen molar-refractivity contribution >= 4 is 23.6 Å². The third-order valence-corrected chi connectivity index (χ3v) is 4.51. The predicted octanol–water partition coefficient (Wildman–Crippen LogP) is 1.77. The first kappa shape index (κ1) is 21.4. The van der Waals surface area contributed by atoms with Crippen molar-refractivity contribution in [2.45, 2.75) is 32.0 Å². The summed E-state index contributed by atoms with van der Waals surface area (Å²) in [5.41, 5.74) is -0.375. The average Bonchev–Trinajstić information content (AvgIpc) is 2.62. The second-order valence-electron chi connectivity index (χ2n) is 6.34. The lowest BCUT2D eigenvalue weighted by molar-refractivity contribution is -0.154. The molecule has 152 valence electrons. The molecule has 0 bridgehead atoms. The minimum atomic E-state index is -4.49. The molecule has 28 heavy (non-hydrogen) atoms. The molecule has 10 heteroatoms. The summed E-state index contributed by atoms with van der Waals surface area (Å²) in [6.45, 7) is 1.03. The molecule has 7 nitrogen and oxygen atoms in total. The van der Waals surface area contributed by atoms with Crippen LogP contribution in [0.1, 0.15) is 36.9 Å². The van der Waals surface area contributed by atoms with E-state index in [2.05, 4.69) is 0 Å². The number of carboxylic acid groups (broad SMARTS) is 1. The maximum absolute atomic E-state index is 12.7. The summed E-state index contributed by atoms with van der Waals surface area (Å²) in [5.74, 6) is -5.38. The minimum Gasteiger partial charge on any atom is -0.480 e. The lowest BCUT2D eigenvalue weighted by Gasteiger charge is -2.37. The molecule has 2 N–H and O–H groups in total. The highest BCUT2D eigenvalue weighted by atomic mass is 19.4. The van der Waals surface area contributed by atoms with Crippen LogP contribution in [0.15, 0.2) is 24.3 Å². The van der Waals surface area contributed by atoms with Crippen molar-refractivity contribution in [1.82, 2.24) is 10.2 Å². The van der Waals surface area contributed by atoms with Gasteiger partial charge >= 0.3 is 12.1 Å². The third-order valence-electron chi connectivity index (χ3n) is 4.51. The summed E-state index contributed by atoms with van der Waals surface area (Å²) >= 11 is 0. The number of alkyl halides is 3.